The molecule has 31 heavy (non-hydrogen) atoms. The molecule has 0 bridgehead atoms. The summed E-state index contributed by atoms with van der Waals surface area (Å²) in [6.45, 7) is 4.29. The lowest BCUT2D eigenvalue weighted by atomic mass is 10.1. The first-order chi connectivity index (χ1) is 15.0. The predicted octanol–water partition coefficient (Wildman–Crippen LogP) is 2.44. The van der Waals surface area contributed by atoms with E-state index in [1.165, 1.54) is 6.33 Å². The van der Waals surface area contributed by atoms with Gasteiger partial charge in [0.1, 0.15) is 17.9 Å². The summed E-state index contributed by atoms with van der Waals surface area (Å²) in [6.07, 6.45) is 5.59. The van der Waals surface area contributed by atoms with E-state index in [4.69, 9.17) is 4.74 Å². The number of anilines is 1. The van der Waals surface area contributed by atoms with Crippen LogP contribution in [-0.4, -0.2) is 71.3 Å². The lowest BCUT2D eigenvalue weighted by molar-refractivity contribution is 0.415. The monoisotopic (exact) mass is 444 g/mol. The van der Waals surface area contributed by atoms with E-state index in [0.717, 1.165) is 42.1 Å². The molecule has 3 heterocycles. The Morgan fingerprint density at radius 2 is 1.87 bits per heavy atom. The van der Waals surface area contributed by atoms with Crippen molar-refractivity contribution >= 4 is 21.6 Å². The molecule has 1 saturated heterocycles. The van der Waals surface area contributed by atoms with Gasteiger partial charge in [0.2, 0.25) is 10.0 Å². The van der Waals surface area contributed by atoms with Gasteiger partial charge in [-0.1, -0.05) is 25.5 Å². The number of fused-ring (bicyclic) bond motifs is 1. The third kappa shape index (κ3) is 4.49. The molecule has 0 aliphatic carbocycles. The molecule has 1 aliphatic rings. The Morgan fingerprint density at radius 3 is 2.61 bits per heavy atom. The highest BCUT2D eigenvalue weighted by atomic mass is 32.2. The summed E-state index contributed by atoms with van der Waals surface area (Å²) in [5.74, 6) is 2.38. The molecule has 0 spiro atoms. The van der Waals surface area contributed by atoms with Crippen molar-refractivity contribution in [2.45, 2.75) is 26.2 Å². The molecule has 9 nitrogen and oxygen atoms in total. The lowest BCUT2D eigenvalue weighted by Crippen LogP contribution is -2.37. The number of ether oxygens (including phenoxy) is 1. The normalized spacial score (nSPS) is 15.9. The fraction of sp³-hybridized carbons (Fsp3) is 0.476. The van der Waals surface area contributed by atoms with E-state index in [-0.39, 0.29) is 5.75 Å². The van der Waals surface area contributed by atoms with Gasteiger partial charge in [-0.25, -0.2) is 17.7 Å². The number of sulfonamides is 1. The van der Waals surface area contributed by atoms with Crippen molar-refractivity contribution in [2.24, 2.45) is 0 Å². The second kappa shape index (κ2) is 9.19. The van der Waals surface area contributed by atoms with Gasteiger partial charge in [0, 0.05) is 37.9 Å². The van der Waals surface area contributed by atoms with Crippen LogP contribution in [0.15, 0.2) is 36.8 Å². The highest BCUT2D eigenvalue weighted by Gasteiger charge is 2.27. The Morgan fingerprint density at radius 1 is 1.06 bits per heavy atom. The molecule has 0 radical (unpaired) electrons. The van der Waals surface area contributed by atoms with Crippen molar-refractivity contribution in [3.8, 4) is 16.9 Å². The van der Waals surface area contributed by atoms with Crippen LogP contribution in [0.5, 0.6) is 5.75 Å². The average molecular weight is 445 g/mol. The van der Waals surface area contributed by atoms with E-state index in [0.29, 0.717) is 31.8 Å². The molecule has 1 aliphatic heterocycles. The van der Waals surface area contributed by atoms with E-state index in [1.54, 1.807) is 15.9 Å². The fourth-order valence-corrected chi connectivity index (χ4v) is 5.56. The number of methoxy groups -OCH3 is 1. The summed E-state index contributed by atoms with van der Waals surface area (Å²) in [5.41, 5.74) is 1.90. The summed E-state index contributed by atoms with van der Waals surface area (Å²) in [4.78, 5) is 10.9. The van der Waals surface area contributed by atoms with Crippen molar-refractivity contribution in [3.05, 3.63) is 36.8 Å². The van der Waals surface area contributed by atoms with Gasteiger partial charge in [-0.05, 0) is 30.5 Å². The lowest BCUT2D eigenvalue weighted by Gasteiger charge is -2.26. The van der Waals surface area contributed by atoms with Gasteiger partial charge in [-0.15, -0.1) is 0 Å². The third-order valence-corrected chi connectivity index (χ3v) is 7.54. The Labute approximate surface area is 182 Å². The molecule has 0 saturated carbocycles. The first kappa shape index (κ1) is 21.5. The highest BCUT2D eigenvalue weighted by molar-refractivity contribution is 7.89. The predicted molar refractivity (Wildman–Crippen MR) is 120 cm³/mol. The Kier molecular flexibility index (Phi) is 6.38. The zero-order chi connectivity index (χ0) is 21.8. The Hall–Kier alpha value is -2.72. The number of hydrogen-bond donors (Lipinski definition) is 0. The van der Waals surface area contributed by atoms with E-state index >= 15 is 0 Å². The van der Waals surface area contributed by atoms with Crippen LogP contribution < -0.4 is 9.64 Å². The highest BCUT2D eigenvalue weighted by Crippen LogP contribution is 2.32. The molecule has 0 atom stereocenters. The van der Waals surface area contributed by atoms with Gasteiger partial charge in [0.05, 0.1) is 12.9 Å². The van der Waals surface area contributed by atoms with Crippen molar-refractivity contribution in [2.75, 3.05) is 43.9 Å². The molecule has 0 N–H and O–H groups in total. The number of aromatic nitrogens is 4. The minimum absolute atomic E-state index is 0.211. The van der Waals surface area contributed by atoms with Crippen LogP contribution in [-0.2, 0) is 10.0 Å². The number of rotatable bonds is 7. The smallest absolute Gasteiger partial charge is 0.254 e. The molecule has 10 heteroatoms. The van der Waals surface area contributed by atoms with Crippen LogP contribution in [0.3, 0.4) is 0 Å². The molecule has 1 aromatic carbocycles. The molecule has 0 unspecified atom stereocenters. The second-order valence-corrected chi connectivity index (χ2v) is 9.69. The summed E-state index contributed by atoms with van der Waals surface area (Å²) in [7, 11) is -1.59. The zero-order valence-electron chi connectivity index (χ0n) is 17.9. The zero-order valence-corrected chi connectivity index (χ0v) is 18.8. The van der Waals surface area contributed by atoms with Crippen molar-refractivity contribution < 1.29 is 13.2 Å². The van der Waals surface area contributed by atoms with E-state index in [1.807, 2.05) is 37.4 Å². The molecular weight excluding hydrogens is 416 g/mol. The van der Waals surface area contributed by atoms with Crippen molar-refractivity contribution in [1.29, 1.82) is 0 Å². The third-order valence-electron chi connectivity index (χ3n) is 5.59. The topological polar surface area (TPSA) is 92.9 Å². The Bertz CT molecular complexity index is 1130. The first-order valence-corrected chi connectivity index (χ1v) is 12.2. The standard InChI is InChI=1S/C21H28N6O3S/c1-3-4-14-31(28,29)26-11-5-10-25(12-13-26)20-19(15-22-21-23-16-24-27(20)21)17-6-8-18(30-2)9-7-17/h6-9,15-16H,3-5,10-14H2,1-2H3. The maximum Gasteiger partial charge on any atom is 0.254 e. The average Bonchev–Trinajstić information content (AvgIpc) is 3.13. The second-order valence-electron chi connectivity index (χ2n) is 7.61. The molecular formula is C21H28N6O3S. The molecule has 166 valence electrons. The first-order valence-electron chi connectivity index (χ1n) is 10.6. The largest absolute Gasteiger partial charge is 0.497 e. The number of benzene rings is 1. The van der Waals surface area contributed by atoms with Gasteiger partial charge in [-0.2, -0.15) is 14.6 Å². The van der Waals surface area contributed by atoms with Crippen molar-refractivity contribution in [3.63, 3.8) is 0 Å². The summed E-state index contributed by atoms with van der Waals surface area (Å²) in [5, 5.41) is 4.40. The Balaban J connectivity index is 1.67. The number of hydrogen-bond acceptors (Lipinski definition) is 7. The molecule has 2 aromatic heterocycles. The van der Waals surface area contributed by atoms with E-state index in [2.05, 4.69) is 20.0 Å². The maximum absolute atomic E-state index is 12.7. The minimum Gasteiger partial charge on any atom is -0.497 e. The van der Waals surface area contributed by atoms with Crippen LogP contribution in [0.1, 0.15) is 26.2 Å². The van der Waals surface area contributed by atoms with Crippen LogP contribution in [0, 0.1) is 0 Å². The molecule has 3 aromatic rings. The summed E-state index contributed by atoms with van der Waals surface area (Å²) < 4.78 is 34.1. The molecule has 1 fully saturated rings. The summed E-state index contributed by atoms with van der Waals surface area (Å²) in [6, 6.07) is 7.80. The summed E-state index contributed by atoms with van der Waals surface area (Å²) >= 11 is 0. The van der Waals surface area contributed by atoms with Gasteiger partial charge in [-0.3, -0.25) is 0 Å². The van der Waals surface area contributed by atoms with Gasteiger partial charge in [0.15, 0.2) is 0 Å². The van der Waals surface area contributed by atoms with Crippen molar-refractivity contribution in [1.82, 2.24) is 23.9 Å². The van der Waals surface area contributed by atoms with Crippen LogP contribution in [0.2, 0.25) is 0 Å². The van der Waals surface area contributed by atoms with Crippen LogP contribution in [0.25, 0.3) is 16.9 Å². The molecule has 0 amide bonds. The van der Waals surface area contributed by atoms with E-state index < -0.39 is 10.0 Å². The fourth-order valence-electron chi connectivity index (χ4n) is 3.89. The van der Waals surface area contributed by atoms with Crippen LogP contribution >= 0.6 is 0 Å². The maximum atomic E-state index is 12.7. The number of nitrogens with zero attached hydrogens (tertiary/aromatic N) is 6. The minimum atomic E-state index is -3.23. The molecule has 4 rings (SSSR count). The van der Waals surface area contributed by atoms with Crippen LogP contribution in [0.4, 0.5) is 5.82 Å². The SMILES string of the molecule is CCCCS(=O)(=O)N1CCCN(c2c(-c3ccc(OC)cc3)cnc3ncnn23)CC1. The quantitative estimate of drug-likeness (QED) is 0.553. The van der Waals surface area contributed by atoms with Gasteiger partial charge < -0.3 is 9.64 Å². The van der Waals surface area contributed by atoms with E-state index in [9.17, 15) is 8.42 Å². The number of unbranched alkanes of at least 4 members (excludes halogenated alkanes) is 1. The van der Waals surface area contributed by atoms with Gasteiger partial charge >= 0.3 is 0 Å². The van der Waals surface area contributed by atoms with Gasteiger partial charge in [0.25, 0.3) is 5.78 Å².